The van der Waals surface area contributed by atoms with Crippen LogP contribution in [-0.4, -0.2) is 49.4 Å². The largest absolute Gasteiger partial charge is 0.372 e. The first kappa shape index (κ1) is 19.0. The topological polar surface area (TPSA) is 53.5 Å². The zero-order chi connectivity index (χ0) is 18.8. The van der Waals surface area contributed by atoms with Gasteiger partial charge in [-0.15, -0.1) is 0 Å². The standard InChI is InChI=1S/C18H23Cl2N5O/c1-11-9-25(10-12(2)26-11)18-22-16(8-17(23-18)24(3)4)21-13-5-6-14(19)15(20)7-13/h5-8,11-12H,9-10H2,1-4H3,(H,21,22,23)/t11-,12+. The van der Waals surface area contributed by atoms with E-state index in [0.29, 0.717) is 21.8 Å². The first-order chi connectivity index (χ1) is 12.3. The number of aromatic nitrogens is 2. The van der Waals surface area contributed by atoms with Gasteiger partial charge >= 0.3 is 0 Å². The van der Waals surface area contributed by atoms with Crippen molar-refractivity contribution in [2.75, 3.05) is 42.3 Å². The van der Waals surface area contributed by atoms with E-state index in [9.17, 15) is 0 Å². The third-order valence-corrected chi connectivity index (χ3v) is 4.79. The van der Waals surface area contributed by atoms with Crippen LogP contribution in [0.4, 0.5) is 23.3 Å². The first-order valence-electron chi connectivity index (χ1n) is 8.50. The van der Waals surface area contributed by atoms with E-state index in [1.54, 1.807) is 12.1 Å². The normalized spacial score (nSPS) is 20.2. The molecule has 1 aromatic heterocycles. The maximum absolute atomic E-state index is 6.11. The maximum atomic E-state index is 6.11. The van der Waals surface area contributed by atoms with Gasteiger partial charge in [-0.1, -0.05) is 23.2 Å². The molecule has 2 atom stereocenters. The minimum Gasteiger partial charge on any atom is -0.372 e. The molecule has 1 N–H and O–H groups in total. The summed E-state index contributed by atoms with van der Waals surface area (Å²) in [5, 5.41) is 4.30. The fraction of sp³-hybridized carbons (Fsp3) is 0.444. The van der Waals surface area contributed by atoms with Crippen molar-refractivity contribution >= 4 is 46.5 Å². The van der Waals surface area contributed by atoms with Crippen molar-refractivity contribution in [3.05, 3.63) is 34.3 Å². The van der Waals surface area contributed by atoms with E-state index in [2.05, 4.69) is 24.1 Å². The highest BCUT2D eigenvalue weighted by atomic mass is 35.5. The lowest BCUT2D eigenvalue weighted by atomic mass is 10.2. The molecule has 0 bridgehead atoms. The molecular weight excluding hydrogens is 373 g/mol. The van der Waals surface area contributed by atoms with Gasteiger partial charge < -0.3 is 19.9 Å². The Morgan fingerprint density at radius 2 is 1.77 bits per heavy atom. The van der Waals surface area contributed by atoms with Crippen LogP contribution in [0.15, 0.2) is 24.3 Å². The fourth-order valence-corrected chi connectivity index (χ4v) is 3.22. The van der Waals surface area contributed by atoms with Crippen molar-refractivity contribution < 1.29 is 4.74 Å². The molecule has 1 aliphatic rings. The van der Waals surface area contributed by atoms with Gasteiger partial charge in [0.1, 0.15) is 11.6 Å². The maximum Gasteiger partial charge on any atom is 0.229 e. The van der Waals surface area contributed by atoms with Crippen molar-refractivity contribution in [3.8, 4) is 0 Å². The lowest BCUT2D eigenvalue weighted by Gasteiger charge is -2.35. The van der Waals surface area contributed by atoms with Crippen LogP contribution in [0.25, 0.3) is 0 Å². The van der Waals surface area contributed by atoms with Crippen molar-refractivity contribution in [1.82, 2.24) is 9.97 Å². The summed E-state index contributed by atoms with van der Waals surface area (Å²) in [7, 11) is 3.92. The number of benzene rings is 1. The summed E-state index contributed by atoms with van der Waals surface area (Å²) in [6.45, 7) is 5.64. The van der Waals surface area contributed by atoms with Crippen LogP contribution in [0, 0.1) is 0 Å². The molecule has 1 saturated heterocycles. The summed E-state index contributed by atoms with van der Waals surface area (Å²) >= 11 is 12.1. The summed E-state index contributed by atoms with van der Waals surface area (Å²) in [5.74, 6) is 2.20. The van der Waals surface area contributed by atoms with Gasteiger partial charge in [0.2, 0.25) is 5.95 Å². The average molecular weight is 396 g/mol. The van der Waals surface area contributed by atoms with Crippen LogP contribution in [0.5, 0.6) is 0 Å². The van der Waals surface area contributed by atoms with Gasteiger partial charge in [0.15, 0.2) is 0 Å². The van der Waals surface area contributed by atoms with Gasteiger partial charge in [0.05, 0.1) is 22.3 Å². The lowest BCUT2D eigenvalue weighted by Crippen LogP contribution is -2.46. The highest BCUT2D eigenvalue weighted by molar-refractivity contribution is 6.42. The Morgan fingerprint density at radius 3 is 2.38 bits per heavy atom. The van der Waals surface area contributed by atoms with Gasteiger partial charge in [-0.05, 0) is 32.0 Å². The average Bonchev–Trinajstić information content (AvgIpc) is 2.57. The number of nitrogens with zero attached hydrogens (tertiary/aromatic N) is 4. The Hall–Kier alpha value is -1.76. The number of rotatable bonds is 4. The SMILES string of the molecule is C[C@@H]1CN(c2nc(Nc3ccc(Cl)c(Cl)c3)cc(N(C)C)n2)C[C@H](C)O1. The molecule has 2 heterocycles. The molecule has 0 saturated carbocycles. The molecule has 0 amide bonds. The second-order valence-electron chi connectivity index (χ2n) is 6.72. The van der Waals surface area contributed by atoms with Crippen LogP contribution >= 0.6 is 23.2 Å². The highest BCUT2D eigenvalue weighted by Crippen LogP contribution is 2.28. The van der Waals surface area contributed by atoms with Crippen LogP contribution in [0.2, 0.25) is 10.0 Å². The van der Waals surface area contributed by atoms with Gasteiger partial charge in [-0.3, -0.25) is 0 Å². The Bertz CT molecular complexity index is 776. The molecule has 1 fully saturated rings. The predicted octanol–water partition coefficient (Wildman–Crippen LogP) is 4.21. The van der Waals surface area contributed by atoms with Gasteiger partial charge in [-0.2, -0.15) is 9.97 Å². The molecule has 1 aromatic carbocycles. The number of hydrogen-bond donors (Lipinski definition) is 1. The van der Waals surface area contributed by atoms with Gasteiger partial charge in [0, 0.05) is 38.9 Å². The Labute approximate surface area is 164 Å². The number of halogens is 2. The van der Waals surface area contributed by atoms with E-state index in [1.165, 1.54) is 0 Å². The number of nitrogens with one attached hydrogen (secondary N) is 1. The van der Waals surface area contributed by atoms with Crippen molar-refractivity contribution in [3.63, 3.8) is 0 Å². The van der Waals surface area contributed by atoms with Crippen molar-refractivity contribution in [2.45, 2.75) is 26.1 Å². The minimum absolute atomic E-state index is 0.136. The highest BCUT2D eigenvalue weighted by Gasteiger charge is 2.25. The zero-order valence-corrected chi connectivity index (χ0v) is 16.8. The van der Waals surface area contributed by atoms with Gasteiger partial charge in [-0.25, -0.2) is 0 Å². The summed E-state index contributed by atoms with van der Waals surface area (Å²) in [6, 6.07) is 7.30. The lowest BCUT2D eigenvalue weighted by molar-refractivity contribution is -0.00570. The monoisotopic (exact) mass is 395 g/mol. The van der Waals surface area contributed by atoms with Crippen LogP contribution < -0.4 is 15.1 Å². The number of anilines is 4. The number of ether oxygens (including phenoxy) is 1. The third kappa shape index (κ3) is 4.50. The van der Waals surface area contributed by atoms with E-state index in [1.807, 2.05) is 31.1 Å². The summed E-state index contributed by atoms with van der Waals surface area (Å²) < 4.78 is 5.82. The quantitative estimate of drug-likeness (QED) is 0.836. The molecular formula is C18H23Cl2N5O. The molecule has 8 heteroatoms. The third-order valence-electron chi connectivity index (χ3n) is 4.05. The Morgan fingerprint density at radius 1 is 1.08 bits per heavy atom. The predicted molar refractivity (Wildman–Crippen MR) is 108 cm³/mol. The Balaban J connectivity index is 1.92. The van der Waals surface area contributed by atoms with E-state index in [0.717, 1.165) is 24.6 Å². The van der Waals surface area contributed by atoms with Crippen molar-refractivity contribution in [1.29, 1.82) is 0 Å². The van der Waals surface area contributed by atoms with E-state index in [-0.39, 0.29) is 12.2 Å². The van der Waals surface area contributed by atoms with E-state index < -0.39 is 0 Å². The van der Waals surface area contributed by atoms with Gasteiger partial charge in [0.25, 0.3) is 0 Å². The summed E-state index contributed by atoms with van der Waals surface area (Å²) in [5.41, 5.74) is 0.817. The number of hydrogen-bond acceptors (Lipinski definition) is 6. The molecule has 3 rings (SSSR count). The fourth-order valence-electron chi connectivity index (χ4n) is 2.92. The molecule has 1 aliphatic heterocycles. The second-order valence-corrected chi connectivity index (χ2v) is 7.54. The summed E-state index contributed by atoms with van der Waals surface area (Å²) in [4.78, 5) is 13.5. The molecule has 0 unspecified atom stereocenters. The van der Waals surface area contributed by atoms with Crippen LogP contribution in [0.3, 0.4) is 0 Å². The molecule has 2 aromatic rings. The molecule has 0 spiro atoms. The van der Waals surface area contributed by atoms with Crippen molar-refractivity contribution in [2.24, 2.45) is 0 Å². The minimum atomic E-state index is 0.136. The first-order valence-corrected chi connectivity index (χ1v) is 9.26. The van der Waals surface area contributed by atoms with E-state index in [4.69, 9.17) is 37.9 Å². The second kappa shape index (κ2) is 7.86. The Kier molecular flexibility index (Phi) is 5.75. The van der Waals surface area contributed by atoms with E-state index >= 15 is 0 Å². The molecule has 140 valence electrons. The summed E-state index contributed by atoms with van der Waals surface area (Å²) in [6.07, 6.45) is 0.272. The molecule has 6 nitrogen and oxygen atoms in total. The molecule has 26 heavy (non-hydrogen) atoms. The molecule has 0 radical (unpaired) electrons. The smallest absolute Gasteiger partial charge is 0.229 e. The van der Waals surface area contributed by atoms with Crippen LogP contribution in [-0.2, 0) is 4.74 Å². The zero-order valence-electron chi connectivity index (χ0n) is 15.3. The number of morpholine rings is 1. The molecule has 0 aliphatic carbocycles. The van der Waals surface area contributed by atoms with Crippen LogP contribution in [0.1, 0.15) is 13.8 Å².